The number of thioether (sulfide) groups is 8. The van der Waals surface area contributed by atoms with Crippen LogP contribution in [0.4, 0.5) is 0 Å². The molecule has 0 aromatic heterocycles. The zero-order valence-electron chi connectivity index (χ0n) is 41.9. The molecule has 8 aliphatic rings. The first-order valence-corrected chi connectivity index (χ1v) is 33.5. The molecule has 0 amide bonds. The predicted octanol–water partition coefficient (Wildman–Crippen LogP) is 18.1. The van der Waals surface area contributed by atoms with E-state index in [1.165, 1.54) is 103 Å². The van der Waals surface area contributed by atoms with Gasteiger partial charge in [0.05, 0.1) is 48.5 Å². The summed E-state index contributed by atoms with van der Waals surface area (Å²) in [4.78, 5) is 0. The quantitative estimate of drug-likeness (QED) is 0.131. The Balaban J connectivity index is 0.922. The van der Waals surface area contributed by atoms with E-state index >= 15 is 0 Å². The van der Waals surface area contributed by atoms with Gasteiger partial charge in [-0.15, -0.1) is 47.0 Å². The van der Waals surface area contributed by atoms with E-state index in [1.807, 2.05) is 94.1 Å². The molecule has 10 heteroatoms. The molecule has 2 nitrogen and oxygen atoms in total. The Labute approximate surface area is 479 Å². The first-order chi connectivity index (χ1) is 37.4. The van der Waals surface area contributed by atoms with Crippen LogP contribution < -0.4 is 0 Å². The molecule has 2 heterocycles. The summed E-state index contributed by atoms with van der Waals surface area (Å²) in [6, 6.07) is 70.6. The minimum absolute atomic E-state index is 0.122. The number of allylic oxidation sites excluding steroid dienone is 2. The van der Waals surface area contributed by atoms with Gasteiger partial charge in [-0.25, -0.2) is 0 Å². The van der Waals surface area contributed by atoms with E-state index < -0.39 is 23.0 Å². The molecule has 0 saturated carbocycles. The van der Waals surface area contributed by atoms with Crippen LogP contribution in [0.1, 0.15) is 113 Å². The van der Waals surface area contributed by atoms with Crippen molar-refractivity contribution in [1.82, 2.24) is 0 Å². The fraction of sp³-hybridized carbons (Fsp3) is 0.152. The molecule has 0 spiro atoms. The summed E-state index contributed by atoms with van der Waals surface area (Å²) in [5.74, 6) is 0.244. The Morgan fingerprint density at radius 3 is 0.789 bits per heavy atom. The molecule has 76 heavy (non-hydrogen) atoms. The predicted molar refractivity (Wildman–Crippen MR) is 335 cm³/mol. The van der Waals surface area contributed by atoms with E-state index in [4.69, 9.17) is 0 Å². The average Bonchev–Trinajstić information content (AvgIpc) is 4.24. The molecule has 374 valence electrons. The van der Waals surface area contributed by atoms with E-state index in [-0.39, 0.29) is 11.8 Å². The molecule has 8 aromatic rings. The van der Waals surface area contributed by atoms with Crippen LogP contribution in [-0.2, 0) is 10.8 Å². The van der Waals surface area contributed by atoms with Crippen LogP contribution in [0.5, 0.6) is 0 Å². The zero-order chi connectivity index (χ0) is 51.5. The van der Waals surface area contributed by atoms with Crippen molar-refractivity contribution < 1.29 is 10.2 Å². The SMILES string of the molecule is CSC1=C(SC)SC(=C(C(=C2SC(SC)=C(SC)S2)c2ccc(C(O)C34c5ccccc5C(c5ccccc53)c3ccccc34)cc2)c2ccc(C(O)C34c5ccccc5C(c5ccccc53)c3ccccc34)cc2)S1. The van der Waals surface area contributed by atoms with E-state index in [2.05, 4.69) is 219 Å². The molecule has 0 radical (unpaired) electrons. The van der Waals surface area contributed by atoms with Gasteiger partial charge in [0.1, 0.15) is 0 Å². The highest BCUT2D eigenvalue weighted by atomic mass is 32.3. The van der Waals surface area contributed by atoms with Crippen molar-refractivity contribution >= 4 is 105 Å². The smallest absolute Gasteiger partial charge is 0.0968 e. The van der Waals surface area contributed by atoms with Gasteiger partial charge in [-0.3, -0.25) is 0 Å². The van der Waals surface area contributed by atoms with Gasteiger partial charge < -0.3 is 10.2 Å². The van der Waals surface area contributed by atoms with Gasteiger partial charge in [0.25, 0.3) is 0 Å². The summed E-state index contributed by atoms with van der Waals surface area (Å²) in [6.45, 7) is 0. The van der Waals surface area contributed by atoms with Gasteiger partial charge in [0.15, 0.2) is 0 Å². The lowest BCUT2D eigenvalue weighted by atomic mass is 9.50. The van der Waals surface area contributed by atoms with Crippen LogP contribution in [0.15, 0.2) is 220 Å². The van der Waals surface area contributed by atoms with E-state index in [0.29, 0.717) is 0 Å². The van der Waals surface area contributed by atoms with Gasteiger partial charge in [-0.2, -0.15) is 0 Å². The first kappa shape index (κ1) is 49.7. The van der Waals surface area contributed by atoms with Gasteiger partial charge >= 0.3 is 0 Å². The molecule has 2 aliphatic heterocycles. The lowest BCUT2D eigenvalue weighted by molar-refractivity contribution is 0.116. The van der Waals surface area contributed by atoms with Crippen LogP contribution >= 0.6 is 94.1 Å². The van der Waals surface area contributed by atoms with Crippen LogP contribution in [0, 0.1) is 0 Å². The molecule has 2 N–H and O–H groups in total. The highest BCUT2D eigenvalue weighted by molar-refractivity contribution is 8.41. The van der Waals surface area contributed by atoms with E-state index in [9.17, 15) is 10.2 Å². The van der Waals surface area contributed by atoms with Crippen molar-refractivity contribution in [3.63, 3.8) is 0 Å². The normalized spacial score (nSPS) is 21.9. The average molecular weight is 1130 g/mol. The van der Waals surface area contributed by atoms with Crippen molar-refractivity contribution in [2.75, 3.05) is 25.0 Å². The Kier molecular flexibility index (Phi) is 12.9. The summed E-state index contributed by atoms with van der Waals surface area (Å²) < 4.78 is 7.71. The van der Waals surface area contributed by atoms with Crippen LogP contribution in [0.3, 0.4) is 0 Å². The molecule has 16 rings (SSSR count). The van der Waals surface area contributed by atoms with Gasteiger partial charge in [-0.05, 0) is 114 Å². The second kappa shape index (κ2) is 19.7. The fourth-order valence-corrected chi connectivity index (χ4v) is 23.8. The fourth-order valence-electron chi connectivity index (χ4n) is 13.5. The second-order valence-corrected chi connectivity index (χ2v) is 28.7. The summed E-state index contributed by atoms with van der Waals surface area (Å²) in [6.07, 6.45) is 7.00. The number of hydrogen-bond donors (Lipinski definition) is 2. The third kappa shape index (κ3) is 7.14. The standard InChI is InChI=1S/C66H50O2S8/c1-69-61-62(70-2)74-59(73-61)53(37-29-33-39(34-30-37)57(67)65-47-23-11-5-17-41(47)55(42-18-6-12-24-48(42)65)43-19-7-13-25-49(43)65)54(60-75-63(71-3)64(72-4)76-60)38-31-35-40(36-32-38)58(68)66-50-26-14-8-20-44(50)56(45-21-9-15-27-51(45)66)46-22-10-16-28-52(46)66/h5-36,55-58,67-68H,1-4H3. The molecule has 2 unspecified atom stereocenters. The van der Waals surface area contributed by atoms with E-state index in [1.54, 1.807) is 0 Å². The van der Waals surface area contributed by atoms with Crippen molar-refractivity contribution in [1.29, 1.82) is 0 Å². The molecule has 6 aliphatic carbocycles. The van der Waals surface area contributed by atoms with Gasteiger partial charge in [0.2, 0.25) is 0 Å². The van der Waals surface area contributed by atoms with Crippen molar-refractivity contribution in [2.24, 2.45) is 0 Å². The first-order valence-electron chi connectivity index (χ1n) is 25.3. The molecule has 8 aromatic carbocycles. The van der Waals surface area contributed by atoms with Gasteiger partial charge in [0, 0.05) is 23.0 Å². The molecular formula is C66H50O2S8. The number of benzene rings is 8. The molecule has 4 bridgehead atoms. The number of aliphatic hydroxyl groups excluding tert-OH is 2. The van der Waals surface area contributed by atoms with Gasteiger partial charge in [-0.1, -0.05) is 241 Å². The van der Waals surface area contributed by atoms with Crippen molar-refractivity contribution in [3.8, 4) is 0 Å². The Morgan fingerprint density at radius 1 is 0.342 bits per heavy atom. The van der Waals surface area contributed by atoms with Crippen LogP contribution in [-0.4, -0.2) is 35.2 Å². The number of rotatable bonds is 11. The Bertz CT molecular complexity index is 3320. The topological polar surface area (TPSA) is 40.5 Å². The maximum Gasteiger partial charge on any atom is 0.0968 e. The summed E-state index contributed by atoms with van der Waals surface area (Å²) in [5.41, 5.74) is 19.4. The van der Waals surface area contributed by atoms with Crippen molar-refractivity contribution in [2.45, 2.75) is 34.9 Å². The second-order valence-electron chi connectivity index (χ2n) is 19.8. The molecule has 2 atom stereocenters. The lowest BCUT2D eigenvalue weighted by Gasteiger charge is -2.52. The molecular weight excluding hydrogens is 1080 g/mol. The maximum absolute atomic E-state index is 13.4. The third-order valence-electron chi connectivity index (χ3n) is 16.5. The van der Waals surface area contributed by atoms with Crippen LogP contribution in [0.2, 0.25) is 0 Å². The minimum atomic E-state index is -0.870. The molecule has 0 fully saturated rings. The lowest BCUT2D eigenvalue weighted by Crippen LogP contribution is -2.46. The zero-order valence-corrected chi connectivity index (χ0v) is 48.5. The van der Waals surface area contributed by atoms with Crippen LogP contribution in [0.25, 0.3) is 11.1 Å². The summed E-state index contributed by atoms with van der Waals surface area (Å²) in [7, 11) is 0. The van der Waals surface area contributed by atoms with Crippen molar-refractivity contribution in [3.05, 3.63) is 309 Å². The highest BCUT2D eigenvalue weighted by Crippen LogP contribution is 2.67. The largest absolute Gasteiger partial charge is 0.387 e. The summed E-state index contributed by atoms with van der Waals surface area (Å²) in [5, 5.41) is 26.8. The number of hydrogen-bond acceptors (Lipinski definition) is 10. The Hall–Kier alpha value is -4.56. The summed E-state index contributed by atoms with van der Waals surface area (Å²) >= 11 is 14.7. The third-order valence-corrected chi connectivity index (χ3v) is 27.0. The monoisotopic (exact) mass is 1130 g/mol. The minimum Gasteiger partial charge on any atom is -0.387 e. The number of aliphatic hydroxyl groups is 2. The maximum atomic E-state index is 13.4. The van der Waals surface area contributed by atoms with E-state index in [0.717, 1.165) is 22.3 Å². The highest BCUT2D eigenvalue weighted by Gasteiger charge is 2.57. The Morgan fingerprint density at radius 2 is 0.566 bits per heavy atom. The molecule has 0 saturated heterocycles.